The number of cyclic esters (lactones) is 1. The summed E-state index contributed by atoms with van der Waals surface area (Å²) in [4.78, 5) is 56.9. The lowest BCUT2D eigenvalue weighted by Crippen LogP contribution is -2.72. The SMILES string of the molecule is COC(=O)[C@@]12C(=O)CCC3(OCCO3)[C@@H]1[C@]1(C[C@@H](C[Si](c3ccccc3)(c3ccccc3)c3ccccc3)OC1=O)C(=O)C[C@H]2C. The first-order valence-corrected chi connectivity index (χ1v) is 18.3. The topological polar surface area (TPSA) is 105 Å². The fraction of sp³-hybridized carbons (Fsp3) is 0.405. The van der Waals surface area contributed by atoms with Crippen LogP contribution in [-0.2, 0) is 38.1 Å². The third-order valence-corrected chi connectivity index (χ3v) is 16.2. The van der Waals surface area contributed by atoms with Gasteiger partial charge in [-0.1, -0.05) is 97.9 Å². The summed E-state index contributed by atoms with van der Waals surface area (Å²) in [5.41, 5.74) is -3.60. The highest BCUT2D eigenvalue weighted by Gasteiger charge is 2.80. The Morgan fingerprint density at radius 3 is 1.85 bits per heavy atom. The van der Waals surface area contributed by atoms with Crippen LogP contribution < -0.4 is 15.6 Å². The molecular formula is C37H38O8Si. The summed E-state index contributed by atoms with van der Waals surface area (Å²) in [6, 6.07) is 31.3. The number of carbonyl (C=O) groups excluding carboxylic acids is 4. The summed E-state index contributed by atoms with van der Waals surface area (Å²) in [6.45, 7) is 2.17. The Morgan fingerprint density at radius 2 is 1.35 bits per heavy atom. The van der Waals surface area contributed by atoms with Crippen LogP contribution in [0.1, 0.15) is 32.6 Å². The van der Waals surface area contributed by atoms with Crippen LogP contribution in [0.5, 0.6) is 0 Å². The molecule has 3 aromatic carbocycles. The molecule has 4 aliphatic rings. The van der Waals surface area contributed by atoms with Crippen molar-refractivity contribution in [1.29, 1.82) is 0 Å². The normalized spacial score (nSPS) is 30.3. The highest BCUT2D eigenvalue weighted by Crippen LogP contribution is 2.66. The van der Waals surface area contributed by atoms with Gasteiger partial charge in [-0.25, -0.2) is 0 Å². The lowest BCUT2D eigenvalue weighted by Gasteiger charge is -2.58. The maximum absolute atomic E-state index is 14.5. The van der Waals surface area contributed by atoms with E-state index in [1.165, 1.54) is 7.11 Å². The van der Waals surface area contributed by atoms with Crippen molar-refractivity contribution in [2.45, 2.75) is 50.5 Å². The number of carbonyl (C=O) groups is 4. The number of hydrogen-bond acceptors (Lipinski definition) is 8. The van der Waals surface area contributed by atoms with Crippen molar-refractivity contribution in [3.63, 3.8) is 0 Å². The van der Waals surface area contributed by atoms with E-state index in [2.05, 4.69) is 36.4 Å². The second-order valence-corrected chi connectivity index (χ2v) is 17.1. The molecule has 9 heteroatoms. The molecule has 2 saturated heterocycles. The zero-order chi connectivity index (χ0) is 32.2. The minimum Gasteiger partial charge on any atom is -0.468 e. The summed E-state index contributed by atoms with van der Waals surface area (Å²) in [5, 5.41) is 3.43. The molecule has 0 radical (unpaired) electrons. The van der Waals surface area contributed by atoms with Crippen LogP contribution in [0.4, 0.5) is 0 Å². The molecule has 4 fully saturated rings. The number of benzene rings is 3. The van der Waals surface area contributed by atoms with Crippen molar-refractivity contribution in [2.24, 2.45) is 22.7 Å². The number of methoxy groups -OCH3 is 1. The van der Waals surface area contributed by atoms with Crippen LogP contribution >= 0.6 is 0 Å². The van der Waals surface area contributed by atoms with E-state index in [4.69, 9.17) is 18.9 Å². The number of hydrogen-bond donors (Lipinski definition) is 0. The smallest absolute Gasteiger partial charge is 0.320 e. The molecule has 238 valence electrons. The predicted molar refractivity (Wildman–Crippen MR) is 171 cm³/mol. The quantitative estimate of drug-likeness (QED) is 0.176. The van der Waals surface area contributed by atoms with E-state index in [9.17, 15) is 19.2 Å². The van der Waals surface area contributed by atoms with Crippen LogP contribution in [0.25, 0.3) is 0 Å². The highest BCUT2D eigenvalue weighted by molar-refractivity contribution is 7.11. The molecule has 2 saturated carbocycles. The van der Waals surface area contributed by atoms with Gasteiger partial charge < -0.3 is 18.9 Å². The van der Waals surface area contributed by atoms with Crippen LogP contribution in [0.15, 0.2) is 91.0 Å². The van der Waals surface area contributed by atoms with Gasteiger partial charge in [0.2, 0.25) is 0 Å². The molecule has 2 aliphatic heterocycles. The van der Waals surface area contributed by atoms with E-state index in [1.54, 1.807) is 6.92 Å². The van der Waals surface area contributed by atoms with E-state index < -0.39 is 54.6 Å². The number of esters is 2. The van der Waals surface area contributed by atoms with Crippen LogP contribution in [0.3, 0.4) is 0 Å². The molecule has 2 aliphatic carbocycles. The Balaban J connectivity index is 1.40. The molecular weight excluding hydrogens is 600 g/mol. The number of fused-ring (bicyclic) bond motifs is 3. The molecule has 2 heterocycles. The van der Waals surface area contributed by atoms with Gasteiger partial charge in [-0.3, -0.25) is 19.2 Å². The zero-order valence-electron chi connectivity index (χ0n) is 26.1. The average Bonchev–Trinajstić information content (AvgIpc) is 3.69. The van der Waals surface area contributed by atoms with Gasteiger partial charge in [-0.15, -0.1) is 0 Å². The number of ketones is 2. The van der Waals surface area contributed by atoms with Gasteiger partial charge in [0.15, 0.2) is 25.4 Å². The summed E-state index contributed by atoms with van der Waals surface area (Å²) in [5.74, 6) is -5.52. The van der Waals surface area contributed by atoms with E-state index in [0.717, 1.165) is 15.6 Å². The lowest BCUT2D eigenvalue weighted by molar-refractivity contribution is -0.274. The Kier molecular flexibility index (Phi) is 7.61. The largest absolute Gasteiger partial charge is 0.468 e. The summed E-state index contributed by atoms with van der Waals surface area (Å²) in [6.07, 6.45) is -0.628. The van der Waals surface area contributed by atoms with Gasteiger partial charge in [-0.2, -0.15) is 0 Å². The third-order valence-electron chi connectivity index (χ3n) is 11.1. The van der Waals surface area contributed by atoms with E-state index in [1.807, 2.05) is 54.6 Å². The standard InChI is InChI=1S/C37H38O8Si/c1-25-22-31(39)35(32-36(43-20-21-44-36)19-18-30(38)37(25,32)34(41)42-2)23-26(45-33(35)40)24-46(27-12-6-3-7-13-27,28-14-8-4-9-15-28)29-16-10-5-11-17-29/h3-17,25-26,32H,18-24H2,1-2H3/t25-,26+,32+,35+,37+/m1/s1. The fourth-order valence-electron chi connectivity index (χ4n) is 9.32. The van der Waals surface area contributed by atoms with Crippen molar-refractivity contribution in [1.82, 2.24) is 0 Å². The molecule has 46 heavy (non-hydrogen) atoms. The molecule has 0 unspecified atom stereocenters. The first kappa shape index (κ1) is 30.7. The van der Waals surface area contributed by atoms with Crippen LogP contribution in [-0.4, -0.2) is 63.8 Å². The maximum atomic E-state index is 14.5. The fourth-order valence-corrected chi connectivity index (χ4v) is 14.2. The van der Waals surface area contributed by atoms with Crippen LogP contribution in [0, 0.1) is 22.7 Å². The molecule has 8 nitrogen and oxygen atoms in total. The second-order valence-electron chi connectivity index (χ2n) is 13.2. The monoisotopic (exact) mass is 638 g/mol. The van der Waals surface area contributed by atoms with Crippen LogP contribution in [0.2, 0.25) is 6.04 Å². The van der Waals surface area contributed by atoms with Crippen molar-refractivity contribution in [2.75, 3.05) is 20.3 Å². The number of Topliss-reactive ketones (excluding diaryl/α,β-unsaturated/α-hetero) is 2. The van der Waals surface area contributed by atoms with Crippen molar-refractivity contribution >= 4 is 47.1 Å². The van der Waals surface area contributed by atoms with E-state index in [-0.39, 0.29) is 50.5 Å². The Labute approximate surface area is 269 Å². The van der Waals surface area contributed by atoms with Crippen molar-refractivity contribution in [3.8, 4) is 0 Å². The average molecular weight is 639 g/mol. The molecule has 0 aromatic heterocycles. The Hall–Kier alpha value is -3.92. The zero-order valence-corrected chi connectivity index (χ0v) is 27.1. The van der Waals surface area contributed by atoms with E-state index in [0.29, 0.717) is 6.04 Å². The van der Waals surface area contributed by atoms with E-state index >= 15 is 0 Å². The van der Waals surface area contributed by atoms with Gasteiger partial charge in [0, 0.05) is 25.7 Å². The first-order valence-electron chi connectivity index (χ1n) is 16.1. The summed E-state index contributed by atoms with van der Waals surface area (Å²) < 4.78 is 24.2. The third kappa shape index (κ3) is 4.17. The molecule has 0 bridgehead atoms. The first-order chi connectivity index (χ1) is 22.3. The van der Waals surface area contributed by atoms with Gasteiger partial charge in [0.1, 0.15) is 16.9 Å². The molecule has 5 atom stereocenters. The predicted octanol–water partition coefficient (Wildman–Crippen LogP) is 2.95. The lowest BCUT2D eigenvalue weighted by atomic mass is 9.43. The second kappa shape index (κ2) is 11.4. The molecule has 3 aromatic rings. The minimum absolute atomic E-state index is 0.0177. The molecule has 2 spiro atoms. The highest BCUT2D eigenvalue weighted by atomic mass is 28.3. The van der Waals surface area contributed by atoms with Gasteiger partial charge in [-0.05, 0) is 27.5 Å². The molecule has 0 amide bonds. The Bertz CT molecular complexity index is 1550. The van der Waals surface area contributed by atoms with Gasteiger partial charge >= 0.3 is 11.9 Å². The Morgan fingerprint density at radius 1 is 0.826 bits per heavy atom. The van der Waals surface area contributed by atoms with Crippen molar-refractivity contribution in [3.05, 3.63) is 91.0 Å². The van der Waals surface area contributed by atoms with Gasteiger partial charge in [0.05, 0.1) is 26.2 Å². The maximum Gasteiger partial charge on any atom is 0.320 e. The minimum atomic E-state index is -2.89. The summed E-state index contributed by atoms with van der Waals surface area (Å²) in [7, 11) is -1.65. The van der Waals surface area contributed by atoms with Crippen molar-refractivity contribution < 1.29 is 38.1 Å². The molecule has 0 N–H and O–H groups in total. The number of ether oxygens (including phenoxy) is 4. The summed E-state index contributed by atoms with van der Waals surface area (Å²) >= 11 is 0. The number of rotatable bonds is 6. The van der Waals surface area contributed by atoms with Gasteiger partial charge in [0.25, 0.3) is 0 Å². The molecule has 7 rings (SSSR count).